The molecule has 0 unspecified atom stereocenters. The summed E-state index contributed by atoms with van der Waals surface area (Å²) in [6.45, 7) is 0. The lowest BCUT2D eigenvalue weighted by atomic mass is 10.3. The predicted molar refractivity (Wildman–Crippen MR) is 37.3 cm³/mol. The van der Waals surface area contributed by atoms with Crippen LogP contribution in [0.4, 0.5) is 0 Å². The standard InChI is InChI=1S/C6H5N3O2/c7-8-9-11-10-6-4-2-1-3-5-6/h1-5H. The molecular weight excluding hydrogens is 146 g/mol. The van der Waals surface area contributed by atoms with Crippen LogP contribution in [0.1, 0.15) is 0 Å². The molecule has 0 atom stereocenters. The molecule has 0 amide bonds. The molecule has 5 nitrogen and oxygen atoms in total. The van der Waals surface area contributed by atoms with E-state index in [0.717, 1.165) is 0 Å². The Kier molecular flexibility index (Phi) is 2.65. The Bertz CT molecular complexity index is 256. The SMILES string of the molecule is [N-]=[N+]=NOOc1ccccc1. The van der Waals surface area contributed by atoms with Crippen molar-refractivity contribution in [2.75, 3.05) is 0 Å². The Morgan fingerprint density at radius 3 is 2.64 bits per heavy atom. The van der Waals surface area contributed by atoms with Crippen LogP contribution in [0.2, 0.25) is 0 Å². The lowest BCUT2D eigenvalue weighted by Gasteiger charge is -1.96. The maximum Gasteiger partial charge on any atom is 0.179 e. The van der Waals surface area contributed by atoms with Crippen molar-refractivity contribution >= 4 is 0 Å². The maximum absolute atomic E-state index is 7.80. The molecule has 1 rings (SSSR count). The molecule has 0 N–H and O–H groups in total. The van der Waals surface area contributed by atoms with Crippen molar-refractivity contribution in [1.82, 2.24) is 0 Å². The summed E-state index contributed by atoms with van der Waals surface area (Å²) in [5.74, 6) is 0.486. The van der Waals surface area contributed by atoms with E-state index in [2.05, 4.69) is 20.1 Å². The lowest BCUT2D eigenvalue weighted by molar-refractivity contribution is -0.209. The highest BCUT2D eigenvalue weighted by atomic mass is 17.3. The highest BCUT2D eigenvalue weighted by Crippen LogP contribution is 2.08. The van der Waals surface area contributed by atoms with Crippen molar-refractivity contribution in [3.63, 3.8) is 0 Å². The Morgan fingerprint density at radius 2 is 2.00 bits per heavy atom. The van der Waals surface area contributed by atoms with Crippen LogP contribution in [-0.2, 0) is 4.99 Å². The molecule has 11 heavy (non-hydrogen) atoms. The first-order valence-electron chi connectivity index (χ1n) is 2.86. The molecule has 0 heterocycles. The van der Waals surface area contributed by atoms with E-state index < -0.39 is 0 Å². The molecule has 0 bridgehead atoms. The molecule has 0 aliphatic carbocycles. The molecule has 0 fully saturated rings. The van der Waals surface area contributed by atoms with Gasteiger partial charge >= 0.3 is 0 Å². The van der Waals surface area contributed by atoms with Crippen LogP contribution in [0.3, 0.4) is 0 Å². The van der Waals surface area contributed by atoms with Gasteiger partial charge in [-0.2, -0.15) is 0 Å². The minimum atomic E-state index is 0.486. The van der Waals surface area contributed by atoms with Gasteiger partial charge in [-0.25, -0.2) is 4.99 Å². The Balaban J connectivity index is 2.45. The van der Waals surface area contributed by atoms with Crippen molar-refractivity contribution < 1.29 is 9.88 Å². The number of hydrogen-bond donors (Lipinski definition) is 0. The zero-order valence-electron chi connectivity index (χ0n) is 5.54. The molecule has 1 aromatic rings. The number of benzene rings is 1. The second-order valence-electron chi connectivity index (χ2n) is 1.64. The first-order valence-corrected chi connectivity index (χ1v) is 2.86. The van der Waals surface area contributed by atoms with E-state index in [-0.39, 0.29) is 0 Å². The fourth-order valence-electron chi connectivity index (χ4n) is 0.551. The third-order valence-corrected chi connectivity index (χ3v) is 0.947. The number of rotatable bonds is 3. The largest absolute Gasteiger partial charge is 0.282 e. The van der Waals surface area contributed by atoms with Crippen LogP contribution in [0.15, 0.2) is 35.6 Å². The van der Waals surface area contributed by atoms with Crippen molar-refractivity contribution in [2.24, 2.45) is 5.28 Å². The topological polar surface area (TPSA) is 67.2 Å². The second-order valence-corrected chi connectivity index (χ2v) is 1.64. The fourth-order valence-corrected chi connectivity index (χ4v) is 0.551. The summed E-state index contributed by atoms with van der Waals surface area (Å²) in [5.41, 5.74) is 7.80. The molecule has 0 spiro atoms. The Hall–Kier alpha value is -1.87. The first-order chi connectivity index (χ1) is 5.43. The van der Waals surface area contributed by atoms with Gasteiger partial charge in [0.05, 0.1) is 0 Å². The zero-order valence-corrected chi connectivity index (χ0v) is 5.54. The normalized spacial score (nSPS) is 8.00. The van der Waals surface area contributed by atoms with E-state index in [1.54, 1.807) is 24.3 Å². The van der Waals surface area contributed by atoms with Crippen molar-refractivity contribution in [3.8, 4) is 5.75 Å². The van der Waals surface area contributed by atoms with E-state index in [4.69, 9.17) is 5.53 Å². The minimum absolute atomic E-state index is 0.486. The van der Waals surface area contributed by atoms with E-state index in [1.165, 1.54) is 0 Å². The molecule has 0 saturated carbocycles. The van der Waals surface area contributed by atoms with Gasteiger partial charge in [-0.05, 0) is 17.7 Å². The van der Waals surface area contributed by atoms with Gasteiger partial charge in [0.1, 0.15) is 0 Å². The van der Waals surface area contributed by atoms with Crippen LogP contribution < -0.4 is 4.89 Å². The molecule has 0 aliphatic rings. The summed E-state index contributed by atoms with van der Waals surface area (Å²) in [5, 5.41) is 2.73. The Morgan fingerprint density at radius 1 is 1.27 bits per heavy atom. The highest BCUT2D eigenvalue weighted by molar-refractivity contribution is 5.19. The fraction of sp³-hybridized carbons (Fsp3) is 0. The molecule has 0 radical (unpaired) electrons. The van der Waals surface area contributed by atoms with Gasteiger partial charge in [-0.1, -0.05) is 18.2 Å². The van der Waals surface area contributed by atoms with Gasteiger partial charge in [0, 0.05) is 4.91 Å². The number of para-hydroxylation sites is 1. The minimum Gasteiger partial charge on any atom is -0.282 e. The van der Waals surface area contributed by atoms with E-state index in [0.29, 0.717) is 5.75 Å². The summed E-state index contributed by atoms with van der Waals surface area (Å²) >= 11 is 0. The van der Waals surface area contributed by atoms with Gasteiger partial charge in [-0.15, -0.1) is 0 Å². The maximum atomic E-state index is 7.80. The van der Waals surface area contributed by atoms with Gasteiger partial charge in [0.15, 0.2) is 11.0 Å². The van der Waals surface area contributed by atoms with E-state index in [1.807, 2.05) is 6.07 Å². The van der Waals surface area contributed by atoms with E-state index in [9.17, 15) is 0 Å². The van der Waals surface area contributed by atoms with Crippen LogP contribution >= 0.6 is 0 Å². The molecular formula is C6H5N3O2. The van der Waals surface area contributed by atoms with Gasteiger partial charge in [0.25, 0.3) is 0 Å². The summed E-state index contributed by atoms with van der Waals surface area (Å²) in [4.78, 5) is 10.9. The average molecular weight is 151 g/mol. The van der Waals surface area contributed by atoms with Gasteiger partial charge < -0.3 is 0 Å². The molecule has 0 saturated heterocycles. The van der Waals surface area contributed by atoms with E-state index >= 15 is 0 Å². The number of nitrogens with zero attached hydrogens (tertiary/aromatic N) is 3. The Labute approximate surface area is 62.7 Å². The summed E-state index contributed by atoms with van der Waals surface area (Å²) in [6.07, 6.45) is 0. The summed E-state index contributed by atoms with van der Waals surface area (Å²) in [7, 11) is 0. The zero-order chi connectivity index (χ0) is 7.94. The molecule has 5 heteroatoms. The lowest BCUT2D eigenvalue weighted by Crippen LogP contribution is -1.87. The van der Waals surface area contributed by atoms with Crippen LogP contribution in [0.5, 0.6) is 5.75 Å². The smallest absolute Gasteiger partial charge is 0.179 e. The summed E-state index contributed by atoms with van der Waals surface area (Å²) in [6, 6.07) is 8.73. The van der Waals surface area contributed by atoms with Crippen LogP contribution in [-0.4, -0.2) is 0 Å². The van der Waals surface area contributed by atoms with Crippen molar-refractivity contribution in [1.29, 1.82) is 0 Å². The highest BCUT2D eigenvalue weighted by Gasteiger charge is 1.88. The molecule has 1 aromatic carbocycles. The monoisotopic (exact) mass is 151 g/mol. The second kappa shape index (κ2) is 4.03. The van der Waals surface area contributed by atoms with Crippen LogP contribution in [0, 0.1) is 0 Å². The molecule has 56 valence electrons. The molecule has 0 aliphatic heterocycles. The molecule has 0 aromatic heterocycles. The average Bonchev–Trinajstić information content (AvgIpc) is 2.07. The number of azide groups is 1. The van der Waals surface area contributed by atoms with Gasteiger partial charge in [0.2, 0.25) is 0 Å². The third-order valence-electron chi connectivity index (χ3n) is 0.947. The summed E-state index contributed by atoms with van der Waals surface area (Å²) < 4.78 is 0. The van der Waals surface area contributed by atoms with Crippen molar-refractivity contribution in [2.45, 2.75) is 0 Å². The quantitative estimate of drug-likeness (QED) is 0.218. The number of hydrogen-bond acceptors (Lipinski definition) is 3. The van der Waals surface area contributed by atoms with Gasteiger partial charge in [-0.3, -0.25) is 4.89 Å². The van der Waals surface area contributed by atoms with Crippen LogP contribution in [0.25, 0.3) is 10.4 Å². The predicted octanol–water partition coefficient (Wildman–Crippen LogP) is 2.22. The van der Waals surface area contributed by atoms with Crippen molar-refractivity contribution in [3.05, 3.63) is 40.8 Å². The first kappa shape index (κ1) is 7.24. The third kappa shape index (κ3) is 2.47.